The number of hydrogen-bond donors (Lipinski definition) is 4. The maximum Gasteiger partial charge on any atom is 0.321 e. The molecule has 0 spiro atoms. The molecule has 4 N–H and O–H groups in total. The summed E-state index contributed by atoms with van der Waals surface area (Å²) in [5.41, 5.74) is 4.27. The van der Waals surface area contributed by atoms with Gasteiger partial charge in [-0.1, -0.05) is 24.3 Å². The zero-order chi connectivity index (χ0) is 26.5. The number of nitrogens with one attached hydrogen (secondary N) is 4. The second kappa shape index (κ2) is 11.4. The number of H-pyrrole nitrogens is 1. The largest absolute Gasteiger partial charge is 0.369 e. The van der Waals surface area contributed by atoms with E-state index in [2.05, 4.69) is 48.0 Å². The van der Waals surface area contributed by atoms with E-state index in [4.69, 9.17) is 0 Å². The third-order valence-corrected chi connectivity index (χ3v) is 7.20. The molecule has 11 heteroatoms. The number of carbonyl (C=O) groups excluding carboxylic acids is 2. The highest BCUT2D eigenvalue weighted by atomic mass is 32.1. The average Bonchev–Trinajstić information content (AvgIpc) is 3.57. The molecular formula is C27H30N8O2S. The third kappa shape index (κ3) is 6.36. The van der Waals surface area contributed by atoms with Gasteiger partial charge in [0.1, 0.15) is 5.82 Å². The number of carbonyl (C=O) groups is 2. The summed E-state index contributed by atoms with van der Waals surface area (Å²) in [6.07, 6.45) is 1.72. The van der Waals surface area contributed by atoms with Crippen LogP contribution in [0, 0.1) is 6.92 Å². The minimum Gasteiger partial charge on any atom is -0.369 e. The molecule has 0 aliphatic carbocycles. The minimum atomic E-state index is -0.301. The van der Waals surface area contributed by atoms with E-state index < -0.39 is 0 Å². The Labute approximate surface area is 225 Å². The predicted molar refractivity (Wildman–Crippen MR) is 151 cm³/mol. The van der Waals surface area contributed by atoms with Gasteiger partial charge in [-0.15, -0.1) is 11.3 Å². The predicted octanol–water partition coefficient (Wildman–Crippen LogP) is 4.17. The molecule has 38 heavy (non-hydrogen) atoms. The van der Waals surface area contributed by atoms with Gasteiger partial charge in [-0.2, -0.15) is 5.10 Å². The van der Waals surface area contributed by atoms with Gasteiger partial charge in [-0.3, -0.25) is 15.2 Å². The van der Waals surface area contributed by atoms with Crippen molar-refractivity contribution >= 4 is 39.9 Å². The highest BCUT2D eigenvalue weighted by molar-refractivity contribution is 7.15. The van der Waals surface area contributed by atoms with Crippen molar-refractivity contribution in [2.24, 2.45) is 0 Å². The van der Waals surface area contributed by atoms with Crippen LogP contribution in [-0.4, -0.2) is 65.2 Å². The first-order chi connectivity index (χ1) is 18.4. The second-order valence-electron chi connectivity index (χ2n) is 9.24. The van der Waals surface area contributed by atoms with Crippen LogP contribution in [-0.2, 0) is 6.54 Å². The van der Waals surface area contributed by atoms with E-state index in [1.807, 2.05) is 55.5 Å². The summed E-state index contributed by atoms with van der Waals surface area (Å²) in [7, 11) is 2.13. The molecule has 0 unspecified atom stereocenters. The van der Waals surface area contributed by atoms with Gasteiger partial charge in [0.25, 0.3) is 5.91 Å². The molecule has 0 bridgehead atoms. The van der Waals surface area contributed by atoms with Crippen LogP contribution in [0.25, 0.3) is 11.3 Å². The van der Waals surface area contributed by atoms with Crippen LogP contribution in [0.1, 0.15) is 20.8 Å². The summed E-state index contributed by atoms with van der Waals surface area (Å²) >= 11 is 1.43. The van der Waals surface area contributed by atoms with Crippen molar-refractivity contribution in [3.05, 3.63) is 76.8 Å². The number of nitrogens with zero attached hydrogens (tertiary/aromatic N) is 4. The lowest BCUT2D eigenvalue weighted by Gasteiger charge is -2.34. The van der Waals surface area contributed by atoms with Gasteiger partial charge in [0.05, 0.1) is 5.69 Å². The third-order valence-electron chi connectivity index (χ3n) is 6.37. The number of aromatic amines is 1. The van der Waals surface area contributed by atoms with Gasteiger partial charge in [0, 0.05) is 66.7 Å². The summed E-state index contributed by atoms with van der Waals surface area (Å²) in [6.45, 7) is 6.36. The molecule has 1 aliphatic heterocycles. The number of aryl methyl sites for hydroxylation is 1. The van der Waals surface area contributed by atoms with Crippen molar-refractivity contribution in [3.8, 4) is 11.3 Å². The Bertz CT molecular complexity index is 1390. The summed E-state index contributed by atoms with van der Waals surface area (Å²) in [6, 6.07) is 16.9. The van der Waals surface area contributed by atoms with Crippen LogP contribution < -0.4 is 20.9 Å². The standard InChI is InChI=1S/C27H30N8O2S/c1-18-16-29-27(38-18)31-26(37)28-17-19-3-5-20(6-4-19)23-15-24(33-32-23)30-25(36)21-7-9-22(10-8-21)35-13-11-34(2)12-14-35/h3-10,15-16H,11-14,17H2,1-2H3,(H2,28,29,31,37)(H2,30,32,33,36). The molecule has 0 saturated carbocycles. The van der Waals surface area contributed by atoms with Gasteiger partial charge in [-0.05, 0) is 43.8 Å². The van der Waals surface area contributed by atoms with Gasteiger partial charge < -0.3 is 20.4 Å². The minimum absolute atomic E-state index is 0.197. The van der Waals surface area contributed by atoms with E-state index in [1.165, 1.54) is 11.3 Å². The second-order valence-corrected chi connectivity index (χ2v) is 10.5. The van der Waals surface area contributed by atoms with E-state index in [1.54, 1.807) is 12.3 Å². The molecule has 1 saturated heterocycles. The maximum atomic E-state index is 12.8. The Balaban J connectivity index is 1.13. The van der Waals surface area contributed by atoms with Gasteiger partial charge in [-0.25, -0.2) is 9.78 Å². The molecule has 2 aromatic heterocycles. The maximum absolute atomic E-state index is 12.8. The lowest BCUT2D eigenvalue weighted by atomic mass is 10.1. The molecule has 0 atom stereocenters. The molecule has 10 nitrogen and oxygen atoms in total. The quantitative estimate of drug-likeness (QED) is 0.285. The number of urea groups is 1. The van der Waals surface area contributed by atoms with Gasteiger partial charge in [0.15, 0.2) is 5.13 Å². The first kappa shape index (κ1) is 25.4. The van der Waals surface area contributed by atoms with Gasteiger partial charge in [0.2, 0.25) is 0 Å². The number of piperazine rings is 1. The van der Waals surface area contributed by atoms with E-state index in [9.17, 15) is 9.59 Å². The number of aromatic nitrogens is 3. The lowest BCUT2D eigenvalue weighted by Crippen LogP contribution is -2.44. The molecule has 2 aromatic carbocycles. The molecule has 1 fully saturated rings. The highest BCUT2D eigenvalue weighted by Gasteiger charge is 2.15. The molecular weight excluding hydrogens is 500 g/mol. The van der Waals surface area contributed by atoms with Crippen LogP contribution in [0.5, 0.6) is 0 Å². The molecule has 1 aliphatic rings. The van der Waals surface area contributed by atoms with Crippen molar-refractivity contribution in [2.45, 2.75) is 13.5 Å². The van der Waals surface area contributed by atoms with Crippen LogP contribution in [0.2, 0.25) is 0 Å². The SMILES string of the molecule is Cc1cnc(NC(=O)NCc2ccc(-c3cc(NC(=O)c4ccc(N5CCN(C)CC5)cc4)[nH]n3)cc2)s1. The molecule has 0 radical (unpaired) electrons. The Morgan fingerprint density at radius 3 is 2.42 bits per heavy atom. The van der Waals surface area contributed by atoms with Crippen molar-refractivity contribution in [2.75, 3.05) is 48.8 Å². The lowest BCUT2D eigenvalue weighted by molar-refractivity contribution is 0.102. The van der Waals surface area contributed by atoms with E-state index in [-0.39, 0.29) is 11.9 Å². The van der Waals surface area contributed by atoms with E-state index in [0.717, 1.165) is 47.9 Å². The Kier molecular flexibility index (Phi) is 7.66. The Morgan fingerprint density at radius 2 is 1.74 bits per heavy atom. The van der Waals surface area contributed by atoms with E-state index >= 15 is 0 Å². The first-order valence-corrected chi connectivity index (χ1v) is 13.2. The van der Waals surface area contributed by atoms with Crippen molar-refractivity contribution in [3.63, 3.8) is 0 Å². The van der Waals surface area contributed by atoms with Crippen molar-refractivity contribution in [1.82, 2.24) is 25.4 Å². The molecule has 196 valence electrons. The highest BCUT2D eigenvalue weighted by Crippen LogP contribution is 2.22. The zero-order valence-electron chi connectivity index (χ0n) is 21.3. The number of anilines is 3. The summed E-state index contributed by atoms with van der Waals surface area (Å²) in [5, 5.41) is 16.2. The summed E-state index contributed by atoms with van der Waals surface area (Å²) in [5.74, 6) is 0.325. The fourth-order valence-corrected chi connectivity index (χ4v) is 4.81. The summed E-state index contributed by atoms with van der Waals surface area (Å²) in [4.78, 5) is 34.6. The monoisotopic (exact) mass is 530 g/mol. The number of amides is 3. The molecule has 4 aromatic rings. The Morgan fingerprint density at radius 1 is 1.00 bits per heavy atom. The van der Waals surface area contributed by atoms with Crippen LogP contribution in [0.4, 0.5) is 21.4 Å². The fourth-order valence-electron chi connectivity index (χ4n) is 4.15. The average molecular weight is 531 g/mol. The number of rotatable bonds is 7. The molecule has 5 rings (SSSR count). The number of likely N-dealkylation sites (N-methyl/N-ethyl adjacent to an activating group) is 1. The number of benzene rings is 2. The Hall–Kier alpha value is -4.22. The fraction of sp³-hybridized carbons (Fsp3) is 0.259. The zero-order valence-corrected chi connectivity index (χ0v) is 22.1. The van der Waals surface area contributed by atoms with Crippen LogP contribution in [0.3, 0.4) is 0 Å². The first-order valence-electron chi connectivity index (χ1n) is 12.4. The van der Waals surface area contributed by atoms with Crippen molar-refractivity contribution in [1.29, 1.82) is 0 Å². The molecule has 3 amide bonds. The smallest absolute Gasteiger partial charge is 0.321 e. The van der Waals surface area contributed by atoms with E-state index in [0.29, 0.717) is 28.8 Å². The summed E-state index contributed by atoms with van der Waals surface area (Å²) < 4.78 is 0. The van der Waals surface area contributed by atoms with Crippen LogP contribution in [0.15, 0.2) is 60.8 Å². The molecule has 3 heterocycles. The topological polar surface area (TPSA) is 118 Å². The number of thiazole rings is 1. The van der Waals surface area contributed by atoms with Crippen molar-refractivity contribution < 1.29 is 9.59 Å². The van der Waals surface area contributed by atoms with Gasteiger partial charge >= 0.3 is 6.03 Å². The number of hydrogen-bond acceptors (Lipinski definition) is 7. The van der Waals surface area contributed by atoms with Crippen LogP contribution >= 0.6 is 11.3 Å². The normalized spacial score (nSPS) is 13.8.